The molecule has 1 aliphatic carbocycles. The van der Waals surface area contributed by atoms with Crippen molar-refractivity contribution in [1.82, 2.24) is 10.3 Å². The first-order valence-electron chi connectivity index (χ1n) is 7.22. The van der Waals surface area contributed by atoms with E-state index >= 15 is 0 Å². The summed E-state index contributed by atoms with van der Waals surface area (Å²) in [5.74, 6) is -0.0558. The van der Waals surface area contributed by atoms with Gasteiger partial charge in [0.25, 0.3) is 5.91 Å². The molecule has 2 N–H and O–H groups in total. The van der Waals surface area contributed by atoms with Crippen LogP contribution in [0.2, 0.25) is 0 Å². The molecule has 0 bridgehead atoms. The number of nitrogens with one attached hydrogen (secondary N) is 2. The number of anilines is 1. The fourth-order valence-corrected chi connectivity index (χ4v) is 2.36. The monoisotopic (exact) mass is 261 g/mol. The zero-order valence-corrected chi connectivity index (χ0v) is 11.8. The van der Waals surface area contributed by atoms with E-state index in [1.165, 1.54) is 12.8 Å². The maximum atomic E-state index is 12.1. The molecule has 1 unspecified atom stereocenters. The van der Waals surface area contributed by atoms with Crippen molar-refractivity contribution in [2.24, 2.45) is 0 Å². The lowest BCUT2D eigenvalue weighted by Crippen LogP contribution is -2.33. The second kappa shape index (κ2) is 6.55. The van der Waals surface area contributed by atoms with E-state index in [-0.39, 0.29) is 5.91 Å². The van der Waals surface area contributed by atoms with Gasteiger partial charge in [-0.25, -0.2) is 0 Å². The molecule has 1 aliphatic rings. The molecule has 0 saturated heterocycles. The third-order valence-electron chi connectivity index (χ3n) is 3.71. The van der Waals surface area contributed by atoms with Crippen molar-refractivity contribution in [2.45, 2.75) is 58.0 Å². The molecule has 104 valence electrons. The summed E-state index contributed by atoms with van der Waals surface area (Å²) in [5, 5.41) is 6.42. The number of hydrogen-bond donors (Lipinski definition) is 2. The average molecular weight is 261 g/mol. The van der Waals surface area contributed by atoms with E-state index < -0.39 is 0 Å². The molecule has 1 fully saturated rings. The Kier molecular flexibility index (Phi) is 4.77. The lowest BCUT2D eigenvalue weighted by atomic mass is 10.2. The quantitative estimate of drug-likeness (QED) is 0.856. The van der Waals surface area contributed by atoms with Crippen LogP contribution in [0.25, 0.3) is 0 Å². The Morgan fingerprint density at radius 3 is 2.89 bits per heavy atom. The SMILES string of the molecule is CCC(C)Nc1ccnc(C(=O)NC2CCCC2)c1. The van der Waals surface area contributed by atoms with Gasteiger partial charge in [0, 0.05) is 24.0 Å². The van der Waals surface area contributed by atoms with Crippen molar-refractivity contribution in [3.8, 4) is 0 Å². The molecule has 1 aromatic rings. The molecule has 1 heterocycles. The Morgan fingerprint density at radius 1 is 1.47 bits per heavy atom. The van der Waals surface area contributed by atoms with Crippen LogP contribution >= 0.6 is 0 Å². The predicted molar refractivity (Wildman–Crippen MR) is 77.3 cm³/mol. The maximum Gasteiger partial charge on any atom is 0.270 e. The Labute approximate surface area is 115 Å². The summed E-state index contributed by atoms with van der Waals surface area (Å²) in [6.45, 7) is 4.26. The van der Waals surface area contributed by atoms with Crippen molar-refractivity contribution >= 4 is 11.6 Å². The minimum Gasteiger partial charge on any atom is -0.382 e. The normalized spacial score (nSPS) is 17.2. The summed E-state index contributed by atoms with van der Waals surface area (Å²) in [7, 11) is 0. The molecular weight excluding hydrogens is 238 g/mol. The highest BCUT2D eigenvalue weighted by atomic mass is 16.1. The summed E-state index contributed by atoms with van der Waals surface area (Å²) in [6.07, 6.45) is 7.36. The fourth-order valence-electron chi connectivity index (χ4n) is 2.36. The van der Waals surface area contributed by atoms with Gasteiger partial charge in [-0.15, -0.1) is 0 Å². The van der Waals surface area contributed by atoms with Crippen molar-refractivity contribution < 1.29 is 4.79 Å². The van der Waals surface area contributed by atoms with Crippen molar-refractivity contribution in [1.29, 1.82) is 0 Å². The van der Waals surface area contributed by atoms with Crippen LogP contribution in [0.5, 0.6) is 0 Å². The zero-order valence-electron chi connectivity index (χ0n) is 11.8. The highest BCUT2D eigenvalue weighted by Crippen LogP contribution is 2.18. The molecule has 1 atom stereocenters. The van der Waals surface area contributed by atoms with Gasteiger partial charge in [-0.1, -0.05) is 19.8 Å². The number of nitrogens with zero attached hydrogens (tertiary/aromatic N) is 1. The number of pyridine rings is 1. The molecular formula is C15H23N3O. The molecule has 2 rings (SSSR count). The highest BCUT2D eigenvalue weighted by Gasteiger charge is 2.18. The van der Waals surface area contributed by atoms with E-state index in [1.807, 2.05) is 12.1 Å². The summed E-state index contributed by atoms with van der Waals surface area (Å²) < 4.78 is 0. The van der Waals surface area contributed by atoms with Crippen LogP contribution in [0, 0.1) is 0 Å². The first-order chi connectivity index (χ1) is 9.19. The molecule has 0 spiro atoms. The van der Waals surface area contributed by atoms with Crippen LogP contribution in [0.4, 0.5) is 5.69 Å². The smallest absolute Gasteiger partial charge is 0.270 e. The molecule has 0 aromatic carbocycles. The molecule has 4 heteroatoms. The summed E-state index contributed by atoms with van der Waals surface area (Å²) in [5.41, 5.74) is 1.46. The number of carbonyl (C=O) groups excluding carboxylic acids is 1. The van der Waals surface area contributed by atoms with Gasteiger partial charge in [0.1, 0.15) is 5.69 Å². The van der Waals surface area contributed by atoms with Crippen LogP contribution in [-0.2, 0) is 0 Å². The first kappa shape index (κ1) is 13.8. The second-order valence-electron chi connectivity index (χ2n) is 5.34. The minimum atomic E-state index is -0.0558. The van der Waals surface area contributed by atoms with Gasteiger partial charge in [-0.3, -0.25) is 9.78 Å². The Morgan fingerprint density at radius 2 is 2.21 bits per heavy atom. The molecule has 1 saturated carbocycles. The van der Waals surface area contributed by atoms with Crippen molar-refractivity contribution in [3.63, 3.8) is 0 Å². The zero-order chi connectivity index (χ0) is 13.7. The third kappa shape index (κ3) is 3.94. The van der Waals surface area contributed by atoms with Crippen LogP contribution in [0.1, 0.15) is 56.4 Å². The molecule has 1 amide bonds. The third-order valence-corrected chi connectivity index (χ3v) is 3.71. The van der Waals surface area contributed by atoms with E-state index in [0.717, 1.165) is 24.9 Å². The summed E-state index contributed by atoms with van der Waals surface area (Å²) in [4.78, 5) is 16.3. The lowest BCUT2D eigenvalue weighted by Gasteiger charge is -2.14. The van der Waals surface area contributed by atoms with E-state index in [4.69, 9.17) is 0 Å². The van der Waals surface area contributed by atoms with Gasteiger partial charge in [0.15, 0.2) is 0 Å². The second-order valence-corrected chi connectivity index (χ2v) is 5.34. The van der Waals surface area contributed by atoms with E-state index in [9.17, 15) is 4.79 Å². The van der Waals surface area contributed by atoms with Gasteiger partial charge >= 0.3 is 0 Å². The topological polar surface area (TPSA) is 54.0 Å². The molecule has 4 nitrogen and oxygen atoms in total. The average Bonchev–Trinajstić information content (AvgIpc) is 2.91. The Hall–Kier alpha value is -1.58. The van der Waals surface area contributed by atoms with Gasteiger partial charge in [0.05, 0.1) is 0 Å². The maximum absolute atomic E-state index is 12.1. The predicted octanol–water partition coefficient (Wildman–Crippen LogP) is 2.96. The Bertz CT molecular complexity index is 427. The summed E-state index contributed by atoms with van der Waals surface area (Å²) >= 11 is 0. The standard InChI is InChI=1S/C15H23N3O/c1-3-11(2)17-13-8-9-16-14(10-13)15(19)18-12-6-4-5-7-12/h8-12H,3-7H2,1-2H3,(H,16,17)(H,18,19). The van der Waals surface area contributed by atoms with Gasteiger partial charge in [-0.2, -0.15) is 0 Å². The van der Waals surface area contributed by atoms with Gasteiger partial charge < -0.3 is 10.6 Å². The first-order valence-corrected chi connectivity index (χ1v) is 7.22. The van der Waals surface area contributed by atoms with Crippen molar-refractivity contribution in [3.05, 3.63) is 24.0 Å². The summed E-state index contributed by atoms with van der Waals surface area (Å²) in [6, 6.07) is 4.46. The molecule has 19 heavy (non-hydrogen) atoms. The number of amides is 1. The molecule has 1 aromatic heterocycles. The molecule has 0 aliphatic heterocycles. The van der Waals surface area contributed by atoms with E-state index in [0.29, 0.717) is 17.8 Å². The molecule has 0 radical (unpaired) electrons. The van der Waals surface area contributed by atoms with Gasteiger partial charge in [0.2, 0.25) is 0 Å². The van der Waals surface area contributed by atoms with E-state index in [2.05, 4.69) is 29.5 Å². The lowest BCUT2D eigenvalue weighted by molar-refractivity contribution is 0.0933. The van der Waals surface area contributed by atoms with Crippen LogP contribution in [0.15, 0.2) is 18.3 Å². The van der Waals surface area contributed by atoms with E-state index in [1.54, 1.807) is 6.20 Å². The van der Waals surface area contributed by atoms with Crippen LogP contribution in [0.3, 0.4) is 0 Å². The fraction of sp³-hybridized carbons (Fsp3) is 0.600. The number of carbonyl (C=O) groups is 1. The number of aromatic nitrogens is 1. The van der Waals surface area contributed by atoms with Crippen LogP contribution in [-0.4, -0.2) is 23.0 Å². The minimum absolute atomic E-state index is 0.0558. The Balaban J connectivity index is 1.98. The van der Waals surface area contributed by atoms with Crippen LogP contribution < -0.4 is 10.6 Å². The highest BCUT2D eigenvalue weighted by molar-refractivity contribution is 5.93. The number of rotatable bonds is 5. The largest absolute Gasteiger partial charge is 0.382 e. The van der Waals surface area contributed by atoms with Gasteiger partial charge in [-0.05, 0) is 38.3 Å². The van der Waals surface area contributed by atoms with Crippen molar-refractivity contribution in [2.75, 3.05) is 5.32 Å². The number of hydrogen-bond acceptors (Lipinski definition) is 3.